The van der Waals surface area contributed by atoms with Crippen molar-refractivity contribution in [3.63, 3.8) is 0 Å². The first-order valence-corrected chi connectivity index (χ1v) is 6.24. The van der Waals surface area contributed by atoms with Crippen molar-refractivity contribution in [3.8, 4) is 0 Å². The first-order chi connectivity index (χ1) is 9.42. The first kappa shape index (κ1) is 15.9. The molecular formula is C14H19NO5. The first-order valence-electron chi connectivity index (χ1n) is 6.24. The van der Waals surface area contributed by atoms with E-state index in [2.05, 4.69) is 4.74 Å². The third-order valence-corrected chi connectivity index (χ3v) is 3.03. The zero-order valence-corrected chi connectivity index (χ0v) is 12.2. The lowest BCUT2D eigenvalue weighted by molar-refractivity contribution is -0.139. The van der Waals surface area contributed by atoms with Crippen molar-refractivity contribution in [2.24, 2.45) is 0 Å². The van der Waals surface area contributed by atoms with Gasteiger partial charge in [-0.2, -0.15) is 0 Å². The van der Waals surface area contributed by atoms with E-state index in [4.69, 9.17) is 4.74 Å². The van der Waals surface area contributed by atoms with Crippen molar-refractivity contribution in [2.45, 2.75) is 19.3 Å². The number of ketones is 1. The van der Waals surface area contributed by atoms with Crippen molar-refractivity contribution in [1.82, 2.24) is 4.90 Å². The predicted octanol–water partition coefficient (Wildman–Crippen LogP) is 0.827. The van der Waals surface area contributed by atoms with Gasteiger partial charge < -0.3 is 14.4 Å². The fourth-order valence-electron chi connectivity index (χ4n) is 2.06. The molecule has 0 saturated heterocycles. The number of carbonyl (C=O) groups is 3. The van der Waals surface area contributed by atoms with Crippen molar-refractivity contribution in [3.05, 3.63) is 22.9 Å². The Morgan fingerprint density at radius 2 is 1.70 bits per heavy atom. The van der Waals surface area contributed by atoms with Gasteiger partial charge in [0, 0.05) is 26.2 Å². The number of allylic oxidation sites excluding steroid dienone is 2. The molecule has 110 valence electrons. The summed E-state index contributed by atoms with van der Waals surface area (Å²) >= 11 is 0. The Hall–Kier alpha value is -2.11. The lowest BCUT2D eigenvalue weighted by atomic mass is 9.94. The van der Waals surface area contributed by atoms with Crippen molar-refractivity contribution in [2.75, 3.05) is 28.3 Å². The minimum Gasteiger partial charge on any atom is -0.465 e. The molecule has 20 heavy (non-hydrogen) atoms. The van der Waals surface area contributed by atoms with Crippen molar-refractivity contribution >= 4 is 17.7 Å². The molecule has 0 fully saturated rings. The Labute approximate surface area is 118 Å². The number of esters is 2. The van der Waals surface area contributed by atoms with E-state index in [-0.39, 0.29) is 16.9 Å². The van der Waals surface area contributed by atoms with Gasteiger partial charge in [-0.05, 0) is 18.9 Å². The van der Waals surface area contributed by atoms with Crippen LogP contribution in [0.2, 0.25) is 0 Å². The molecule has 1 rings (SSSR count). The number of rotatable bonds is 3. The van der Waals surface area contributed by atoms with E-state index in [9.17, 15) is 14.4 Å². The highest BCUT2D eigenvalue weighted by Gasteiger charge is 2.29. The van der Waals surface area contributed by atoms with E-state index in [1.54, 1.807) is 19.0 Å². The fraction of sp³-hybridized carbons (Fsp3) is 0.500. The molecule has 0 aromatic carbocycles. The average molecular weight is 281 g/mol. The number of nitrogens with zero attached hydrogens (tertiary/aromatic N) is 1. The Morgan fingerprint density at radius 3 is 2.20 bits per heavy atom. The largest absolute Gasteiger partial charge is 0.465 e. The van der Waals surface area contributed by atoms with Gasteiger partial charge in [0.2, 0.25) is 0 Å². The summed E-state index contributed by atoms with van der Waals surface area (Å²) in [5, 5.41) is 0. The smallest absolute Gasteiger partial charge is 0.340 e. The van der Waals surface area contributed by atoms with Crippen LogP contribution >= 0.6 is 0 Å². The van der Waals surface area contributed by atoms with Crippen LogP contribution in [0.1, 0.15) is 19.3 Å². The molecule has 6 nitrogen and oxygen atoms in total. The summed E-state index contributed by atoms with van der Waals surface area (Å²) in [6, 6.07) is 0. The summed E-state index contributed by atoms with van der Waals surface area (Å²) in [6.45, 7) is 0. The second-order valence-corrected chi connectivity index (χ2v) is 4.58. The molecule has 0 unspecified atom stereocenters. The molecule has 0 aromatic rings. The van der Waals surface area contributed by atoms with Crippen LogP contribution in [-0.2, 0) is 23.9 Å². The number of hydrogen-bond donors (Lipinski definition) is 0. The highest BCUT2D eigenvalue weighted by Crippen LogP contribution is 2.26. The summed E-state index contributed by atoms with van der Waals surface area (Å²) < 4.78 is 9.41. The quantitative estimate of drug-likeness (QED) is 0.713. The highest BCUT2D eigenvalue weighted by atomic mass is 16.5. The molecule has 0 spiro atoms. The van der Waals surface area contributed by atoms with Gasteiger partial charge >= 0.3 is 11.9 Å². The topological polar surface area (TPSA) is 72.9 Å². The van der Waals surface area contributed by atoms with Crippen LogP contribution in [0.4, 0.5) is 0 Å². The van der Waals surface area contributed by atoms with Crippen LogP contribution in [0.3, 0.4) is 0 Å². The van der Waals surface area contributed by atoms with Gasteiger partial charge in [-0.1, -0.05) is 0 Å². The second kappa shape index (κ2) is 6.88. The Balaban J connectivity index is 3.52. The maximum atomic E-state index is 12.0. The van der Waals surface area contributed by atoms with Crippen LogP contribution < -0.4 is 0 Å². The highest BCUT2D eigenvalue weighted by molar-refractivity contribution is 6.11. The van der Waals surface area contributed by atoms with Crippen LogP contribution in [0.15, 0.2) is 22.9 Å². The monoisotopic (exact) mass is 281 g/mol. The van der Waals surface area contributed by atoms with Crippen molar-refractivity contribution in [1.29, 1.82) is 0 Å². The van der Waals surface area contributed by atoms with E-state index in [1.807, 2.05) is 0 Å². The molecule has 0 atom stereocenters. The molecule has 6 heteroatoms. The number of ether oxygens (including phenoxy) is 2. The average Bonchev–Trinajstić information content (AvgIpc) is 2.40. The molecule has 0 aliphatic heterocycles. The molecule has 0 amide bonds. The second-order valence-electron chi connectivity index (χ2n) is 4.58. The Morgan fingerprint density at radius 1 is 1.10 bits per heavy atom. The summed E-state index contributed by atoms with van der Waals surface area (Å²) in [5.74, 6) is -1.58. The molecule has 0 radical (unpaired) electrons. The Kier molecular flexibility index (Phi) is 5.49. The van der Waals surface area contributed by atoms with Gasteiger partial charge in [0.25, 0.3) is 0 Å². The zero-order chi connectivity index (χ0) is 15.3. The molecule has 0 aromatic heterocycles. The zero-order valence-electron chi connectivity index (χ0n) is 12.2. The molecule has 1 aliphatic rings. The van der Waals surface area contributed by atoms with Gasteiger partial charge in [0.15, 0.2) is 5.78 Å². The van der Waals surface area contributed by atoms with Gasteiger partial charge in [0.05, 0.1) is 25.4 Å². The van der Waals surface area contributed by atoms with E-state index < -0.39 is 11.9 Å². The molecule has 0 saturated carbocycles. The normalized spacial score (nSPS) is 22.2. The lowest BCUT2D eigenvalue weighted by Crippen LogP contribution is -2.24. The van der Waals surface area contributed by atoms with E-state index >= 15 is 0 Å². The van der Waals surface area contributed by atoms with E-state index in [0.717, 1.165) is 0 Å². The third kappa shape index (κ3) is 3.46. The minimum atomic E-state index is -0.722. The number of methoxy groups -OCH3 is 2. The van der Waals surface area contributed by atoms with Gasteiger partial charge in [-0.25, -0.2) is 9.59 Å². The summed E-state index contributed by atoms with van der Waals surface area (Å²) in [7, 11) is 5.99. The van der Waals surface area contributed by atoms with Crippen LogP contribution in [0.25, 0.3) is 0 Å². The van der Waals surface area contributed by atoms with Gasteiger partial charge in [-0.15, -0.1) is 0 Å². The number of hydrogen-bond acceptors (Lipinski definition) is 6. The lowest BCUT2D eigenvalue weighted by Gasteiger charge is -2.23. The van der Waals surface area contributed by atoms with Crippen LogP contribution in [0, 0.1) is 0 Å². The number of carbonyl (C=O) groups excluding carboxylic acids is 3. The summed E-state index contributed by atoms with van der Waals surface area (Å²) in [5.41, 5.74) is 0.700. The molecule has 1 aliphatic carbocycles. The standard InChI is InChI=1S/C14H19NO5/c1-15(2)11-7-5-6-9(16)8-10(13(17)19-3)12(11)14(18)20-4/h8H,5-7H2,1-4H3/b10-8+,12-11-. The van der Waals surface area contributed by atoms with Crippen LogP contribution in [0.5, 0.6) is 0 Å². The predicted molar refractivity (Wildman–Crippen MR) is 71.7 cm³/mol. The fourth-order valence-corrected chi connectivity index (χ4v) is 2.06. The maximum absolute atomic E-state index is 12.0. The maximum Gasteiger partial charge on any atom is 0.340 e. The van der Waals surface area contributed by atoms with Crippen LogP contribution in [-0.4, -0.2) is 50.9 Å². The van der Waals surface area contributed by atoms with E-state index in [0.29, 0.717) is 25.0 Å². The molecule has 0 N–H and O–H groups in total. The molecular weight excluding hydrogens is 262 g/mol. The van der Waals surface area contributed by atoms with Crippen molar-refractivity contribution < 1.29 is 23.9 Å². The van der Waals surface area contributed by atoms with Gasteiger partial charge in [0.1, 0.15) is 0 Å². The molecule has 0 heterocycles. The summed E-state index contributed by atoms with van der Waals surface area (Å²) in [6.07, 6.45) is 2.61. The third-order valence-electron chi connectivity index (χ3n) is 3.03. The van der Waals surface area contributed by atoms with Gasteiger partial charge in [-0.3, -0.25) is 4.79 Å². The molecule has 0 bridgehead atoms. The van der Waals surface area contributed by atoms with E-state index in [1.165, 1.54) is 20.3 Å². The summed E-state index contributed by atoms with van der Waals surface area (Å²) in [4.78, 5) is 37.4. The Bertz CT molecular complexity index is 488. The minimum absolute atomic E-state index is 0.0484. The SMILES string of the molecule is COC(=O)C1=C(\N(C)C)CCCC(=O)/C=C\1C(=O)OC.